The Labute approximate surface area is 153 Å². The van der Waals surface area contributed by atoms with Crippen molar-refractivity contribution >= 4 is 23.7 Å². The fourth-order valence-corrected chi connectivity index (χ4v) is 4.07. The third-order valence-corrected chi connectivity index (χ3v) is 5.59. The van der Waals surface area contributed by atoms with Crippen LogP contribution >= 0.6 is 0 Å². The van der Waals surface area contributed by atoms with E-state index in [9.17, 15) is 9.59 Å². The maximum atomic E-state index is 12.6. The summed E-state index contributed by atoms with van der Waals surface area (Å²) in [7, 11) is 0. The van der Waals surface area contributed by atoms with Gasteiger partial charge in [-0.2, -0.15) is 0 Å². The number of amides is 2. The van der Waals surface area contributed by atoms with Crippen LogP contribution < -0.4 is 10.6 Å². The predicted octanol–water partition coefficient (Wildman–Crippen LogP) is 3.20. The molecule has 2 aromatic rings. The first-order valence-electron chi connectivity index (χ1n) is 9.17. The van der Waals surface area contributed by atoms with Gasteiger partial charge in [0.2, 0.25) is 12.3 Å². The topological polar surface area (TPSA) is 61.4 Å². The minimum atomic E-state index is 0.120. The maximum absolute atomic E-state index is 12.6. The number of carbonyl (C=O) groups excluding carboxylic acids is 2. The third-order valence-electron chi connectivity index (χ3n) is 5.59. The van der Waals surface area contributed by atoms with E-state index in [4.69, 9.17) is 0 Å². The van der Waals surface area contributed by atoms with E-state index in [0.717, 1.165) is 55.0 Å². The molecule has 2 N–H and O–H groups in total. The summed E-state index contributed by atoms with van der Waals surface area (Å²) in [6.07, 6.45) is 2.96. The predicted molar refractivity (Wildman–Crippen MR) is 103 cm³/mol. The molecule has 0 aromatic heterocycles. The van der Waals surface area contributed by atoms with Gasteiger partial charge in [-0.15, -0.1) is 0 Å². The maximum Gasteiger partial charge on any atom is 0.229 e. The molecule has 5 nitrogen and oxygen atoms in total. The molecule has 0 spiro atoms. The lowest BCUT2D eigenvalue weighted by atomic mass is 9.78. The SMILES string of the molecule is O=CNc1ccc(-c2ccc(NC(=O)[C@H]3CN4CCC3CC4)cc2)cc1. The smallest absolute Gasteiger partial charge is 0.229 e. The van der Waals surface area contributed by atoms with Crippen LogP contribution in [0.5, 0.6) is 0 Å². The second kappa shape index (κ2) is 7.30. The van der Waals surface area contributed by atoms with Gasteiger partial charge in [-0.25, -0.2) is 0 Å². The number of piperidine rings is 3. The summed E-state index contributed by atoms with van der Waals surface area (Å²) in [6, 6.07) is 15.6. The molecule has 134 valence electrons. The number of anilines is 2. The Morgan fingerprint density at radius 3 is 2.00 bits per heavy atom. The van der Waals surface area contributed by atoms with Gasteiger partial charge in [-0.3, -0.25) is 9.59 Å². The summed E-state index contributed by atoms with van der Waals surface area (Å²) in [6.45, 7) is 3.18. The Kier molecular flexibility index (Phi) is 4.71. The van der Waals surface area contributed by atoms with Crippen LogP contribution in [-0.2, 0) is 9.59 Å². The van der Waals surface area contributed by atoms with Gasteiger partial charge in [0.1, 0.15) is 0 Å². The van der Waals surface area contributed by atoms with Crippen molar-refractivity contribution in [3.63, 3.8) is 0 Å². The molecule has 1 atom stereocenters. The zero-order valence-electron chi connectivity index (χ0n) is 14.7. The first kappa shape index (κ1) is 16.8. The minimum absolute atomic E-state index is 0.120. The number of benzene rings is 2. The Morgan fingerprint density at radius 2 is 1.50 bits per heavy atom. The first-order valence-corrected chi connectivity index (χ1v) is 9.17. The molecule has 2 aromatic carbocycles. The Hall–Kier alpha value is -2.66. The summed E-state index contributed by atoms with van der Waals surface area (Å²) in [5.74, 6) is 0.809. The second-order valence-electron chi connectivity index (χ2n) is 7.15. The summed E-state index contributed by atoms with van der Waals surface area (Å²) >= 11 is 0. The third kappa shape index (κ3) is 3.48. The molecule has 3 aliphatic rings. The molecule has 5 rings (SSSR count). The molecule has 0 unspecified atom stereocenters. The molecule has 3 saturated heterocycles. The number of nitrogens with zero attached hydrogens (tertiary/aromatic N) is 1. The molecule has 5 heteroatoms. The number of rotatable bonds is 5. The molecule has 3 aliphatic heterocycles. The largest absolute Gasteiger partial charge is 0.329 e. The molecule has 0 saturated carbocycles. The fourth-order valence-electron chi connectivity index (χ4n) is 4.07. The average Bonchev–Trinajstić information content (AvgIpc) is 2.70. The summed E-state index contributed by atoms with van der Waals surface area (Å²) in [4.78, 5) is 25.5. The van der Waals surface area contributed by atoms with Crippen LogP contribution in [0.1, 0.15) is 12.8 Å². The van der Waals surface area contributed by atoms with Crippen molar-refractivity contribution < 1.29 is 9.59 Å². The van der Waals surface area contributed by atoms with Crippen molar-refractivity contribution in [3.05, 3.63) is 48.5 Å². The van der Waals surface area contributed by atoms with Crippen LogP contribution in [0.4, 0.5) is 11.4 Å². The van der Waals surface area contributed by atoms with E-state index < -0.39 is 0 Å². The van der Waals surface area contributed by atoms with Gasteiger partial charge in [0.25, 0.3) is 0 Å². The number of hydrogen-bond donors (Lipinski definition) is 2. The molecular formula is C21H23N3O2. The standard InChI is InChI=1S/C21H23N3O2/c25-14-22-18-5-1-15(2-6-18)16-3-7-19(8-4-16)23-21(26)20-13-24-11-9-17(20)10-12-24/h1-8,14,17,20H,9-13H2,(H,22,25)(H,23,26)/t20-/m0/s1. The van der Waals surface area contributed by atoms with E-state index in [1.807, 2.05) is 48.5 Å². The summed E-state index contributed by atoms with van der Waals surface area (Å²) < 4.78 is 0. The highest BCUT2D eigenvalue weighted by atomic mass is 16.2. The van der Waals surface area contributed by atoms with Gasteiger partial charge in [0.15, 0.2) is 0 Å². The van der Waals surface area contributed by atoms with Crippen LogP contribution in [0.3, 0.4) is 0 Å². The van der Waals surface area contributed by atoms with Gasteiger partial charge >= 0.3 is 0 Å². The molecule has 0 radical (unpaired) electrons. The van der Waals surface area contributed by atoms with Crippen molar-refractivity contribution in [3.8, 4) is 11.1 Å². The van der Waals surface area contributed by atoms with Gasteiger partial charge in [0, 0.05) is 17.9 Å². The lowest BCUT2D eigenvalue weighted by Crippen LogP contribution is -2.51. The molecule has 3 fully saturated rings. The van der Waals surface area contributed by atoms with Crippen LogP contribution in [-0.4, -0.2) is 36.9 Å². The van der Waals surface area contributed by atoms with Gasteiger partial charge in [-0.1, -0.05) is 24.3 Å². The lowest BCUT2D eigenvalue weighted by Gasteiger charge is -2.43. The van der Waals surface area contributed by atoms with Gasteiger partial charge < -0.3 is 15.5 Å². The quantitative estimate of drug-likeness (QED) is 0.815. The number of carbonyl (C=O) groups is 2. The average molecular weight is 349 g/mol. The van der Waals surface area contributed by atoms with Crippen LogP contribution in [0.2, 0.25) is 0 Å². The zero-order chi connectivity index (χ0) is 17.9. The lowest BCUT2D eigenvalue weighted by molar-refractivity contribution is -0.125. The molecule has 26 heavy (non-hydrogen) atoms. The number of nitrogens with one attached hydrogen (secondary N) is 2. The summed E-state index contributed by atoms with van der Waals surface area (Å²) in [5.41, 5.74) is 3.75. The molecular weight excluding hydrogens is 326 g/mol. The Morgan fingerprint density at radius 1 is 0.923 bits per heavy atom. The highest BCUT2D eigenvalue weighted by Gasteiger charge is 2.38. The van der Waals surface area contributed by atoms with E-state index >= 15 is 0 Å². The van der Waals surface area contributed by atoms with Crippen molar-refractivity contribution in [2.45, 2.75) is 12.8 Å². The van der Waals surface area contributed by atoms with Crippen molar-refractivity contribution in [2.75, 3.05) is 30.3 Å². The Bertz CT molecular complexity index is 778. The van der Waals surface area contributed by atoms with Crippen LogP contribution in [0.15, 0.2) is 48.5 Å². The van der Waals surface area contributed by atoms with Gasteiger partial charge in [0.05, 0.1) is 5.92 Å². The highest BCUT2D eigenvalue weighted by Crippen LogP contribution is 2.33. The van der Waals surface area contributed by atoms with Crippen molar-refractivity contribution in [1.29, 1.82) is 0 Å². The normalized spacial score (nSPS) is 24.1. The highest BCUT2D eigenvalue weighted by molar-refractivity contribution is 5.93. The van der Waals surface area contributed by atoms with Gasteiger partial charge in [-0.05, 0) is 67.2 Å². The fraction of sp³-hybridized carbons (Fsp3) is 0.333. The van der Waals surface area contributed by atoms with E-state index in [2.05, 4.69) is 15.5 Å². The van der Waals surface area contributed by atoms with E-state index in [1.165, 1.54) is 0 Å². The number of hydrogen-bond acceptors (Lipinski definition) is 3. The molecule has 2 bridgehead atoms. The molecule has 3 heterocycles. The van der Waals surface area contributed by atoms with Crippen LogP contribution in [0.25, 0.3) is 11.1 Å². The Balaban J connectivity index is 1.41. The first-order chi connectivity index (χ1) is 12.7. The van der Waals surface area contributed by atoms with E-state index in [0.29, 0.717) is 12.3 Å². The molecule has 2 amide bonds. The number of fused-ring (bicyclic) bond motifs is 3. The summed E-state index contributed by atoms with van der Waals surface area (Å²) in [5, 5.41) is 5.71. The van der Waals surface area contributed by atoms with Crippen molar-refractivity contribution in [2.24, 2.45) is 11.8 Å². The zero-order valence-corrected chi connectivity index (χ0v) is 14.7. The van der Waals surface area contributed by atoms with Crippen LogP contribution in [0, 0.1) is 11.8 Å². The van der Waals surface area contributed by atoms with E-state index in [1.54, 1.807) is 0 Å². The molecule has 0 aliphatic carbocycles. The van der Waals surface area contributed by atoms with Crippen molar-refractivity contribution in [1.82, 2.24) is 4.90 Å². The second-order valence-corrected chi connectivity index (χ2v) is 7.15. The minimum Gasteiger partial charge on any atom is -0.329 e. The monoisotopic (exact) mass is 349 g/mol. The van der Waals surface area contributed by atoms with E-state index in [-0.39, 0.29) is 11.8 Å².